The van der Waals surface area contributed by atoms with E-state index in [2.05, 4.69) is 10.1 Å². The highest BCUT2D eigenvalue weighted by Crippen LogP contribution is 2.33. The van der Waals surface area contributed by atoms with Gasteiger partial charge in [-0.05, 0) is 61.6 Å². The van der Waals surface area contributed by atoms with Crippen LogP contribution in [-0.4, -0.2) is 27.0 Å². The van der Waals surface area contributed by atoms with Crippen LogP contribution in [0.3, 0.4) is 0 Å². The Morgan fingerprint density at radius 2 is 2.10 bits per heavy atom. The van der Waals surface area contributed by atoms with Crippen LogP contribution < -0.4 is 5.56 Å². The van der Waals surface area contributed by atoms with Gasteiger partial charge in [0.05, 0.1) is 22.2 Å². The van der Waals surface area contributed by atoms with Gasteiger partial charge in [0, 0.05) is 10.4 Å². The SMILES string of the molecule is O=C(O)c1ccc(Cl)c(-c2ccc(/C=N/n3cnc4sc5c(c4c3=O)CCCC5)o2)c1. The number of carboxylic acids is 1. The zero-order chi connectivity index (χ0) is 21.5. The Balaban J connectivity index is 1.47. The number of nitrogens with zero attached hydrogens (tertiary/aromatic N) is 3. The molecule has 9 heteroatoms. The minimum Gasteiger partial charge on any atom is -0.478 e. The first-order valence-electron chi connectivity index (χ1n) is 9.70. The summed E-state index contributed by atoms with van der Waals surface area (Å²) in [6, 6.07) is 7.74. The van der Waals surface area contributed by atoms with Crippen LogP contribution in [0.15, 0.2) is 51.0 Å². The van der Waals surface area contributed by atoms with Crippen molar-refractivity contribution in [2.75, 3.05) is 0 Å². The third kappa shape index (κ3) is 3.58. The number of benzene rings is 1. The highest BCUT2D eigenvalue weighted by Gasteiger charge is 2.20. The van der Waals surface area contributed by atoms with Gasteiger partial charge in [0.15, 0.2) is 0 Å². The average Bonchev–Trinajstić information content (AvgIpc) is 3.38. The molecule has 1 aliphatic carbocycles. The smallest absolute Gasteiger partial charge is 0.335 e. The predicted octanol–water partition coefficient (Wildman–Crippen LogP) is 4.83. The van der Waals surface area contributed by atoms with Gasteiger partial charge in [-0.15, -0.1) is 11.3 Å². The maximum atomic E-state index is 13.0. The summed E-state index contributed by atoms with van der Waals surface area (Å²) < 4.78 is 6.96. The minimum absolute atomic E-state index is 0.107. The van der Waals surface area contributed by atoms with E-state index in [1.54, 1.807) is 23.5 Å². The van der Waals surface area contributed by atoms with Gasteiger partial charge >= 0.3 is 5.97 Å². The van der Waals surface area contributed by atoms with Crippen molar-refractivity contribution in [3.05, 3.63) is 73.8 Å². The van der Waals surface area contributed by atoms with Crippen LogP contribution in [0, 0.1) is 0 Å². The lowest BCUT2D eigenvalue weighted by molar-refractivity contribution is 0.0697. The van der Waals surface area contributed by atoms with Crippen LogP contribution in [0.5, 0.6) is 0 Å². The number of furan rings is 1. The number of hydrogen-bond donors (Lipinski definition) is 1. The summed E-state index contributed by atoms with van der Waals surface area (Å²) >= 11 is 7.80. The number of hydrogen-bond acceptors (Lipinski definition) is 6. The summed E-state index contributed by atoms with van der Waals surface area (Å²) in [4.78, 5) is 30.6. The molecule has 0 bridgehead atoms. The molecule has 0 saturated carbocycles. The molecular weight excluding hydrogens is 438 g/mol. The number of aromatic carboxylic acids is 1. The van der Waals surface area contributed by atoms with Crippen molar-refractivity contribution in [3.63, 3.8) is 0 Å². The van der Waals surface area contributed by atoms with Gasteiger partial charge in [-0.3, -0.25) is 4.79 Å². The van der Waals surface area contributed by atoms with Crippen molar-refractivity contribution in [3.8, 4) is 11.3 Å². The Kier molecular flexibility index (Phi) is 4.95. The minimum atomic E-state index is -1.05. The monoisotopic (exact) mass is 453 g/mol. The number of carbonyl (C=O) groups is 1. The van der Waals surface area contributed by atoms with Crippen LogP contribution >= 0.6 is 22.9 Å². The highest BCUT2D eigenvalue weighted by molar-refractivity contribution is 7.18. The van der Waals surface area contributed by atoms with Crippen LogP contribution in [0.4, 0.5) is 0 Å². The standard InChI is InChI=1S/C22H16ClN3O4S/c23-16-7-5-12(22(28)29)9-15(16)17-8-6-13(30-17)10-25-26-11-24-20-19(21(26)27)14-3-1-2-4-18(14)31-20/h5-11H,1-4H2,(H,28,29)/b25-10+. The lowest BCUT2D eigenvalue weighted by atomic mass is 9.97. The molecule has 156 valence electrons. The number of rotatable bonds is 4. The zero-order valence-electron chi connectivity index (χ0n) is 16.2. The number of thiophene rings is 1. The Labute approximate surface area is 185 Å². The number of fused-ring (bicyclic) bond motifs is 3. The topological polar surface area (TPSA) is 97.7 Å². The fraction of sp³-hybridized carbons (Fsp3) is 0.182. The molecule has 3 aromatic heterocycles. The van der Waals surface area contributed by atoms with E-state index in [4.69, 9.17) is 16.0 Å². The largest absolute Gasteiger partial charge is 0.478 e. The van der Waals surface area contributed by atoms with Gasteiger partial charge in [-0.25, -0.2) is 9.78 Å². The van der Waals surface area contributed by atoms with Gasteiger partial charge in [0.25, 0.3) is 5.56 Å². The summed E-state index contributed by atoms with van der Waals surface area (Å²) in [6.07, 6.45) is 6.97. The lowest BCUT2D eigenvalue weighted by Gasteiger charge is -2.09. The van der Waals surface area contributed by atoms with Crippen LogP contribution in [-0.2, 0) is 12.8 Å². The second-order valence-electron chi connectivity index (χ2n) is 7.23. The number of aryl methyl sites for hydroxylation is 2. The summed E-state index contributed by atoms with van der Waals surface area (Å²) in [5, 5.41) is 14.5. The molecule has 1 N–H and O–H groups in total. The molecule has 4 aromatic rings. The van der Waals surface area contributed by atoms with E-state index in [0.29, 0.717) is 27.5 Å². The van der Waals surface area contributed by atoms with Gasteiger partial charge in [-0.1, -0.05) is 11.6 Å². The molecule has 1 aromatic carbocycles. The maximum Gasteiger partial charge on any atom is 0.335 e. The quantitative estimate of drug-likeness (QED) is 0.446. The Morgan fingerprint density at radius 1 is 1.26 bits per heavy atom. The molecule has 1 aliphatic rings. The van der Waals surface area contributed by atoms with Gasteiger partial charge in [-0.2, -0.15) is 9.78 Å². The van der Waals surface area contributed by atoms with Crippen LogP contribution in [0.25, 0.3) is 21.5 Å². The fourth-order valence-electron chi connectivity index (χ4n) is 3.75. The maximum absolute atomic E-state index is 13.0. The molecule has 3 heterocycles. The van der Waals surface area contributed by atoms with Gasteiger partial charge in [0.2, 0.25) is 0 Å². The Hall–Kier alpha value is -3.23. The van der Waals surface area contributed by atoms with E-state index in [1.165, 1.54) is 40.3 Å². The normalized spacial score (nSPS) is 13.7. The second kappa shape index (κ2) is 7.79. The lowest BCUT2D eigenvalue weighted by Crippen LogP contribution is -2.17. The van der Waals surface area contributed by atoms with Gasteiger partial charge in [0.1, 0.15) is 22.7 Å². The van der Waals surface area contributed by atoms with Gasteiger partial charge < -0.3 is 9.52 Å². The van der Waals surface area contributed by atoms with Crippen molar-refractivity contribution in [2.24, 2.45) is 5.10 Å². The summed E-state index contributed by atoms with van der Waals surface area (Å²) in [6.45, 7) is 0. The van der Waals surface area contributed by atoms with E-state index in [1.807, 2.05) is 0 Å². The zero-order valence-corrected chi connectivity index (χ0v) is 17.7. The molecule has 0 spiro atoms. The number of carboxylic acid groups (broad SMARTS) is 1. The summed E-state index contributed by atoms with van der Waals surface area (Å²) in [7, 11) is 0. The summed E-state index contributed by atoms with van der Waals surface area (Å²) in [5.74, 6) is -0.252. The molecule has 0 fully saturated rings. The third-order valence-corrected chi connectivity index (χ3v) is 6.80. The van der Waals surface area contributed by atoms with E-state index in [9.17, 15) is 14.7 Å². The predicted molar refractivity (Wildman–Crippen MR) is 120 cm³/mol. The molecule has 7 nitrogen and oxygen atoms in total. The number of aromatic nitrogens is 2. The second-order valence-corrected chi connectivity index (χ2v) is 8.72. The molecule has 0 amide bonds. The van der Waals surface area contributed by atoms with Crippen molar-refractivity contribution in [1.82, 2.24) is 9.66 Å². The van der Waals surface area contributed by atoms with Crippen molar-refractivity contribution >= 4 is 45.3 Å². The van der Waals surface area contributed by atoms with Crippen LogP contribution in [0.1, 0.15) is 39.4 Å². The first kappa shape index (κ1) is 19.7. The molecule has 0 saturated heterocycles. The Bertz CT molecular complexity index is 1420. The molecule has 31 heavy (non-hydrogen) atoms. The van der Waals surface area contributed by atoms with E-state index in [-0.39, 0.29) is 11.1 Å². The fourth-order valence-corrected chi connectivity index (χ4v) is 5.18. The van der Waals surface area contributed by atoms with Crippen molar-refractivity contribution in [2.45, 2.75) is 25.7 Å². The molecular formula is C22H16ClN3O4S. The molecule has 0 unspecified atom stereocenters. The Morgan fingerprint density at radius 3 is 2.94 bits per heavy atom. The number of halogens is 1. The van der Waals surface area contributed by atoms with E-state index < -0.39 is 5.97 Å². The molecule has 0 aliphatic heterocycles. The first-order valence-corrected chi connectivity index (χ1v) is 10.9. The summed E-state index contributed by atoms with van der Waals surface area (Å²) in [5.41, 5.74) is 1.49. The molecule has 0 atom stereocenters. The van der Waals surface area contributed by atoms with E-state index in [0.717, 1.165) is 36.1 Å². The molecule has 5 rings (SSSR count). The van der Waals surface area contributed by atoms with Crippen LogP contribution in [0.2, 0.25) is 5.02 Å². The third-order valence-electron chi connectivity index (χ3n) is 5.27. The van der Waals surface area contributed by atoms with E-state index >= 15 is 0 Å². The average molecular weight is 454 g/mol. The first-order chi connectivity index (χ1) is 15.0. The van der Waals surface area contributed by atoms with Crippen molar-refractivity contribution in [1.29, 1.82) is 0 Å². The highest BCUT2D eigenvalue weighted by atomic mass is 35.5. The van der Waals surface area contributed by atoms with Crippen molar-refractivity contribution < 1.29 is 14.3 Å². The molecule has 0 radical (unpaired) electrons.